The van der Waals surface area contributed by atoms with Gasteiger partial charge in [-0.2, -0.15) is 0 Å². The van der Waals surface area contributed by atoms with Crippen LogP contribution in [0.4, 0.5) is 0 Å². The summed E-state index contributed by atoms with van der Waals surface area (Å²) in [5.74, 6) is 17.9. The van der Waals surface area contributed by atoms with E-state index in [2.05, 4.69) is 20.8 Å². The molecule has 9 heteroatoms. The van der Waals surface area contributed by atoms with Gasteiger partial charge in [-0.25, -0.2) is 0 Å². The molecular formula is C57H96O9. The van der Waals surface area contributed by atoms with E-state index >= 15 is 0 Å². The van der Waals surface area contributed by atoms with Crippen LogP contribution in [0.3, 0.4) is 0 Å². The van der Waals surface area contributed by atoms with Gasteiger partial charge in [0, 0.05) is 20.6 Å². The fourth-order valence-corrected chi connectivity index (χ4v) is 20.3. The van der Waals surface area contributed by atoms with Crippen molar-refractivity contribution >= 4 is 24.7 Å². The number of carbonyl (C=O) groups is 4. The zero-order chi connectivity index (χ0) is 43.4. The van der Waals surface area contributed by atoms with Crippen molar-refractivity contribution in [2.45, 2.75) is 191 Å². The molecule has 1 aliphatic heterocycles. The van der Waals surface area contributed by atoms with E-state index in [9.17, 15) is 9.59 Å². The predicted molar refractivity (Wildman–Crippen MR) is 260 cm³/mol. The van der Waals surface area contributed by atoms with Crippen molar-refractivity contribution < 1.29 is 43.2 Å². The first-order chi connectivity index (χ1) is 30.0. The maximum Gasteiger partial charge on any atom is 0.312 e. The maximum absolute atomic E-state index is 14.0. The molecule has 13 fully saturated rings. The van der Waals surface area contributed by atoms with Crippen molar-refractivity contribution in [2.24, 2.45) is 130 Å². The smallest absolute Gasteiger partial charge is 0.312 e. The summed E-state index contributed by atoms with van der Waals surface area (Å²) >= 11 is 0. The summed E-state index contributed by atoms with van der Waals surface area (Å²) in [6.45, 7) is 10.3. The second-order valence-electron chi connectivity index (χ2n) is 24.0. The monoisotopic (exact) mass is 925 g/mol. The second kappa shape index (κ2) is 20.8. The van der Waals surface area contributed by atoms with Gasteiger partial charge in [0.05, 0.1) is 11.3 Å². The molecule has 0 spiro atoms. The van der Waals surface area contributed by atoms with Gasteiger partial charge in [-0.1, -0.05) is 43.6 Å². The Hall–Kier alpha value is -2.00. The van der Waals surface area contributed by atoms with Gasteiger partial charge < -0.3 is 28.8 Å². The Balaban J connectivity index is 0.000000353. The highest BCUT2D eigenvalue weighted by Gasteiger charge is 2.73. The van der Waals surface area contributed by atoms with Gasteiger partial charge in [-0.05, 0) is 241 Å². The number of methoxy groups -OCH3 is 1. The molecule has 0 aromatic rings. The summed E-state index contributed by atoms with van der Waals surface area (Å²) in [5.41, 5.74) is -0.514. The predicted octanol–water partition coefficient (Wildman–Crippen LogP) is 12.4. The Labute approximate surface area is 401 Å². The van der Waals surface area contributed by atoms with Crippen LogP contribution in [-0.2, 0) is 38.1 Å². The number of esters is 2. The number of fused-ring (bicyclic) bond motifs is 32. The van der Waals surface area contributed by atoms with Crippen LogP contribution in [0.5, 0.6) is 0 Å². The van der Waals surface area contributed by atoms with Gasteiger partial charge in [0.2, 0.25) is 0 Å². The number of ether oxygens (including phenoxy) is 4. The molecule has 12 aliphatic carbocycles. The average Bonchev–Trinajstić information content (AvgIpc) is 4.12. The number of carboxylic acids is 1. The largest absolute Gasteiger partial charge is 0.481 e. The SMILES string of the molecule is C.C.C.C.C=O.CC(=O)O.CCC(C)(CCC(C)C(=O)OC1CC2CC1C1C3CC(C4C5CCC(C5)C34)C21)C(=O)OC1CC2CC1C1C3CC(C4C5CCC(C5)C34)C21.COC1CCCCO1. The van der Waals surface area contributed by atoms with Crippen molar-refractivity contribution in [2.75, 3.05) is 13.7 Å². The summed E-state index contributed by atoms with van der Waals surface area (Å²) < 4.78 is 23.2. The van der Waals surface area contributed by atoms with Gasteiger partial charge in [0.25, 0.3) is 5.97 Å². The lowest BCUT2D eigenvalue weighted by Crippen LogP contribution is -2.45. The molecule has 13 aliphatic rings. The zero-order valence-electron chi connectivity index (χ0n) is 38.7. The standard InChI is InChI=1S/C44H62O4.C6H12O2.C2H4O2.CH2O.4CH4/c1-4-44(3,43(46)48-33-16-25-14-27(33)41-31-18-29(39(25)41)35-21-6-8-23(12-21)37(31)35)10-9-19(2)42(45)47-32-15-24-13-26(32)40-30-17-28(38(24)40)34-20-5-7-22(11-20)36(30)34;1-7-6-4-2-3-5-8-6;1-2(3)4;1-2;;;;/h19-41H,4-18H2,1-3H3;6H,2-5H2,1H3;1H3,(H,3,4);1H2;4*1H4. The average molecular weight is 925 g/mol. The second-order valence-corrected chi connectivity index (χ2v) is 24.0. The number of hydrogen-bond donors (Lipinski definition) is 1. The van der Waals surface area contributed by atoms with E-state index in [1.54, 1.807) is 20.0 Å². The summed E-state index contributed by atoms with van der Waals surface area (Å²) in [4.78, 5) is 44.6. The molecule has 0 aromatic carbocycles. The highest BCUT2D eigenvalue weighted by atomic mass is 16.7. The van der Waals surface area contributed by atoms with E-state index in [1.807, 2.05) is 6.79 Å². The van der Waals surface area contributed by atoms with Gasteiger partial charge in [-0.3, -0.25) is 14.4 Å². The van der Waals surface area contributed by atoms with Crippen LogP contribution in [0.25, 0.3) is 0 Å². The fraction of sp³-hybridized carbons (Fsp3) is 0.930. The molecule has 378 valence electrons. The highest BCUT2D eigenvalue weighted by Crippen LogP contribution is 2.78. The summed E-state index contributed by atoms with van der Waals surface area (Å²) in [6.07, 6.45) is 23.2. The summed E-state index contributed by atoms with van der Waals surface area (Å²) in [5, 5.41) is 7.42. The molecule has 1 heterocycles. The molecular weight excluding hydrogens is 829 g/mol. The molecule has 1 saturated heterocycles. The zero-order valence-corrected chi connectivity index (χ0v) is 38.7. The Kier molecular flexibility index (Phi) is 16.8. The van der Waals surface area contributed by atoms with Crippen molar-refractivity contribution in [1.29, 1.82) is 0 Å². The molecule has 12 saturated carbocycles. The Bertz CT molecular complexity index is 1670. The van der Waals surface area contributed by atoms with E-state index in [0.29, 0.717) is 11.8 Å². The number of aliphatic carboxylic acids is 1. The van der Waals surface area contributed by atoms with Crippen molar-refractivity contribution in [3.05, 3.63) is 0 Å². The Morgan fingerprint density at radius 2 is 1.05 bits per heavy atom. The molecule has 0 aromatic heterocycles. The third kappa shape index (κ3) is 8.47. The lowest BCUT2D eigenvalue weighted by atomic mass is 9.59. The van der Waals surface area contributed by atoms with Gasteiger partial charge >= 0.3 is 11.9 Å². The molecule has 1 N–H and O–H groups in total. The van der Waals surface area contributed by atoms with Crippen molar-refractivity contribution in [1.82, 2.24) is 0 Å². The van der Waals surface area contributed by atoms with E-state index < -0.39 is 11.4 Å². The molecule has 9 nitrogen and oxygen atoms in total. The Morgan fingerprint density at radius 1 is 0.621 bits per heavy atom. The molecule has 66 heavy (non-hydrogen) atoms. The minimum absolute atomic E-state index is 0. The maximum atomic E-state index is 14.0. The van der Waals surface area contributed by atoms with Crippen LogP contribution in [-0.4, -0.2) is 62.0 Å². The van der Waals surface area contributed by atoms with E-state index in [1.165, 1.54) is 64.2 Å². The van der Waals surface area contributed by atoms with Gasteiger partial charge in [-0.15, -0.1) is 0 Å². The number of carboxylic acid groups (broad SMARTS) is 1. The molecule has 13 rings (SSSR count). The fourth-order valence-electron chi connectivity index (χ4n) is 20.3. The topological polar surface area (TPSA) is 125 Å². The van der Waals surface area contributed by atoms with Crippen LogP contribution in [0, 0.1) is 130 Å². The normalized spacial score (nSPS) is 48.3. The van der Waals surface area contributed by atoms with Crippen LogP contribution in [0.2, 0.25) is 0 Å². The molecule has 25 atom stereocenters. The third-order valence-electron chi connectivity index (χ3n) is 22.0. The minimum atomic E-state index is -0.833. The summed E-state index contributed by atoms with van der Waals surface area (Å²) in [6, 6.07) is 0. The molecule has 12 bridgehead atoms. The van der Waals surface area contributed by atoms with E-state index in [4.69, 9.17) is 33.6 Å². The summed E-state index contributed by atoms with van der Waals surface area (Å²) in [7, 11) is 1.69. The van der Waals surface area contributed by atoms with E-state index in [-0.39, 0.29) is 66.1 Å². The number of rotatable bonds is 9. The van der Waals surface area contributed by atoms with Crippen LogP contribution < -0.4 is 0 Å². The van der Waals surface area contributed by atoms with Crippen LogP contribution >= 0.6 is 0 Å². The first kappa shape index (κ1) is 53.4. The van der Waals surface area contributed by atoms with Crippen molar-refractivity contribution in [3.8, 4) is 0 Å². The lowest BCUT2D eigenvalue weighted by molar-refractivity contribution is -0.168. The highest BCUT2D eigenvalue weighted by molar-refractivity contribution is 5.77. The first-order valence-corrected chi connectivity index (χ1v) is 26.0. The van der Waals surface area contributed by atoms with E-state index in [0.717, 1.165) is 159 Å². The van der Waals surface area contributed by atoms with Crippen LogP contribution in [0.15, 0.2) is 0 Å². The molecule has 0 amide bonds. The molecule has 25 unspecified atom stereocenters. The Morgan fingerprint density at radius 3 is 1.44 bits per heavy atom. The van der Waals surface area contributed by atoms with Gasteiger partial charge in [0.15, 0.2) is 6.29 Å². The minimum Gasteiger partial charge on any atom is -0.481 e. The van der Waals surface area contributed by atoms with Gasteiger partial charge in [0.1, 0.15) is 19.0 Å². The number of hydrogen-bond acceptors (Lipinski definition) is 8. The first-order valence-electron chi connectivity index (χ1n) is 26.0. The quantitative estimate of drug-likeness (QED) is 0.178. The molecule has 0 radical (unpaired) electrons. The lowest BCUT2D eigenvalue weighted by Gasteiger charge is -2.47. The third-order valence-corrected chi connectivity index (χ3v) is 22.0. The number of carbonyl (C=O) groups excluding carboxylic acids is 3. The van der Waals surface area contributed by atoms with Crippen LogP contribution in [0.1, 0.15) is 173 Å². The van der Waals surface area contributed by atoms with Crippen molar-refractivity contribution in [3.63, 3.8) is 0 Å².